The molecule has 0 radical (unpaired) electrons. The van der Waals surface area contributed by atoms with Gasteiger partial charge in [-0.3, -0.25) is 4.98 Å². The number of hydrogen-bond acceptors (Lipinski definition) is 3. The van der Waals surface area contributed by atoms with Gasteiger partial charge in [0.25, 0.3) is 0 Å². The maximum atomic E-state index is 5.83. The van der Waals surface area contributed by atoms with Crippen LogP contribution in [0.25, 0.3) is 0 Å². The summed E-state index contributed by atoms with van der Waals surface area (Å²) in [4.78, 5) is 3.97. The van der Waals surface area contributed by atoms with Crippen molar-refractivity contribution >= 4 is 11.6 Å². The number of nitrogens with zero attached hydrogens (tertiary/aromatic N) is 1. The van der Waals surface area contributed by atoms with Gasteiger partial charge in [-0.25, -0.2) is 0 Å². The van der Waals surface area contributed by atoms with Crippen molar-refractivity contribution in [3.8, 4) is 5.75 Å². The van der Waals surface area contributed by atoms with Crippen LogP contribution in [0.4, 0.5) is 0 Å². The third-order valence-corrected chi connectivity index (χ3v) is 2.40. The minimum absolute atomic E-state index is 0.145. The predicted octanol–water partition coefficient (Wildman–Crippen LogP) is 3.14. The van der Waals surface area contributed by atoms with Crippen molar-refractivity contribution < 1.29 is 4.74 Å². The standard InChI is InChI=1S/C13H21ClN2O/c1-10(6-16-13(2,3)4)9-17-12-5-11(14)7-15-8-12/h5,7-8,10,16H,6,9H2,1-4H3. The third kappa shape index (κ3) is 6.49. The van der Waals surface area contributed by atoms with Gasteiger partial charge in [0, 0.05) is 30.3 Å². The van der Waals surface area contributed by atoms with Crippen LogP contribution < -0.4 is 10.1 Å². The van der Waals surface area contributed by atoms with Gasteiger partial charge in [0.15, 0.2) is 0 Å². The van der Waals surface area contributed by atoms with Crippen LogP contribution in [-0.4, -0.2) is 23.7 Å². The number of rotatable bonds is 5. The van der Waals surface area contributed by atoms with Crippen molar-refractivity contribution in [2.45, 2.75) is 33.2 Å². The molecule has 1 unspecified atom stereocenters. The first-order valence-electron chi connectivity index (χ1n) is 5.85. The smallest absolute Gasteiger partial charge is 0.139 e. The largest absolute Gasteiger partial charge is 0.492 e. The van der Waals surface area contributed by atoms with E-state index in [4.69, 9.17) is 16.3 Å². The Kier molecular flexibility index (Phi) is 5.22. The van der Waals surface area contributed by atoms with Crippen LogP contribution in [0.3, 0.4) is 0 Å². The summed E-state index contributed by atoms with van der Waals surface area (Å²) in [6.07, 6.45) is 3.27. The van der Waals surface area contributed by atoms with Crippen LogP contribution in [0.2, 0.25) is 5.02 Å². The lowest BCUT2D eigenvalue weighted by atomic mass is 10.1. The van der Waals surface area contributed by atoms with E-state index in [-0.39, 0.29) is 5.54 Å². The summed E-state index contributed by atoms with van der Waals surface area (Å²) < 4.78 is 5.63. The van der Waals surface area contributed by atoms with E-state index in [1.807, 2.05) is 0 Å². The molecular formula is C13H21ClN2O. The molecule has 0 saturated carbocycles. The molecule has 0 aliphatic carbocycles. The van der Waals surface area contributed by atoms with Crippen LogP contribution in [0.1, 0.15) is 27.7 Å². The fourth-order valence-electron chi connectivity index (χ4n) is 1.25. The molecule has 96 valence electrons. The van der Waals surface area contributed by atoms with Gasteiger partial charge in [-0.2, -0.15) is 0 Å². The summed E-state index contributed by atoms with van der Waals surface area (Å²) in [6.45, 7) is 10.2. The minimum Gasteiger partial charge on any atom is -0.492 e. The summed E-state index contributed by atoms with van der Waals surface area (Å²) in [5.41, 5.74) is 0.145. The fraction of sp³-hybridized carbons (Fsp3) is 0.615. The molecule has 3 nitrogen and oxygen atoms in total. The Morgan fingerprint density at radius 3 is 2.71 bits per heavy atom. The molecule has 1 aromatic heterocycles. The summed E-state index contributed by atoms with van der Waals surface area (Å²) in [6, 6.07) is 1.78. The molecule has 17 heavy (non-hydrogen) atoms. The summed E-state index contributed by atoms with van der Waals surface area (Å²) in [7, 11) is 0. The van der Waals surface area contributed by atoms with Crippen molar-refractivity contribution in [2.24, 2.45) is 5.92 Å². The van der Waals surface area contributed by atoms with Crippen LogP contribution in [0.15, 0.2) is 18.5 Å². The minimum atomic E-state index is 0.145. The Hall–Kier alpha value is -0.800. The number of halogens is 1. The van der Waals surface area contributed by atoms with Crippen molar-refractivity contribution in [3.63, 3.8) is 0 Å². The Morgan fingerprint density at radius 2 is 2.12 bits per heavy atom. The number of ether oxygens (including phenoxy) is 1. The van der Waals surface area contributed by atoms with E-state index in [2.05, 4.69) is 38.0 Å². The molecule has 1 atom stereocenters. The highest BCUT2D eigenvalue weighted by Crippen LogP contribution is 2.15. The lowest BCUT2D eigenvalue weighted by Gasteiger charge is -2.23. The number of pyridine rings is 1. The number of nitrogens with one attached hydrogen (secondary N) is 1. The highest BCUT2D eigenvalue weighted by atomic mass is 35.5. The second-order valence-corrected chi connectivity index (χ2v) is 5.82. The van der Waals surface area contributed by atoms with Gasteiger partial charge in [0.2, 0.25) is 0 Å². The zero-order valence-corrected chi connectivity index (χ0v) is 11.7. The van der Waals surface area contributed by atoms with Gasteiger partial charge < -0.3 is 10.1 Å². The molecule has 0 saturated heterocycles. The van der Waals surface area contributed by atoms with E-state index < -0.39 is 0 Å². The number of hydrogen-bond donors (Lipinski definition) is 1. The highest BCUT2D eigenvalue weighted by molar-refractivity contribution is 6.30. The molecular weight excluding hydrogens is 236 g/mol. The first-order valence-corrected chi connectivity index (χ1v) is 6.23. The molecule has 0 spiro atoms. The summed E-state index contributed by atoms with van der Waals surface area (Å²) >= 11 is 5.83. The zero-order chi connectivity index (χ0) is 12.9. The summed E-state index contributed by atoms with van der Waals surface area (Å²) in [5.74, 6) is 1.16. The van der Waals surface area contributed by atoms with Gasteiger partial charge in [0.05, 0.1) is 17.8 Å². The summed E-state index contributed by atoms with van der Waals surface area (Å²) in [5, 5.41) is 4.05. The van der Waals surface area contributed by atoms with E-state index in [0.717, 1.165) is 12.3 Å². The van der Waals surface area contributed by atoms with Crippen LogP contribution >= 0.6 is 11.6 Å². The quantitative estimate of drug-likeness (QED) is 0.879. The second-order valence-electron chi connectivity index (χ2n) is 5.39. The van der Waals surface area contributed by atoms with Crippen molar-refractivity contribution in [2.75, 3.05) is 13.2 Å². The monoisotopic (exact) mass is 256 g/mol. The maximum absolute atomic E-state index is 5.83. The first kappa shape index (κ1) is 14.3. The highest BCUT2D eigenvalue weighted by Gasteiger charge is 2.11. The molecule has 1 N–H and O–H groups in total. The van der Waals surface area contributed by atoms with Crippen molar-refractivity contribution in [1.82, 2.24) is 10.3 Å². The topological polar surface area (TPSA) is 34.1 Å². The molecule has 0 fully saturated rings. The van der Waals surface area contributed by atoms with Crippen molar-refractivity contribution in [3.05, 3.63) is 23.5 Å². The van der Waals surface area contributed by atoms with Gasteiger partial charge in [0.1, 0.15) is 5.75 Å². The zero-order valence-electron chi connectivity index (χ0n) is 11.0. The predicted molar refractivity (Wildman–Crippen MR) is 71.7 cm³/mol. The normalized spacial score (nSPS) is 13.5. The molecule has 0 amide bonds. The fourth-order valence-corrected chi connectivity index (χ4v) is 1.41. The van der Waals surface area contributed by atoms with E-state index in [9.17, 15) is 0 Å². The van der Waals surface area contributed by atoms with Gasteiger partial charge in [-0.05, 0) is 20.8 Å². The van der Waals surface area contributed by atoms with Gasteiger partial charge in [-0.15, -0.1) is 0 Å². The average molecular weight is 257 g/mol. The van der Waals surface area contributed by atoms with E-state index in [0.29, 0.717) is 17.5 Å². The maximum Gasteiger partial charge on any atom is 0.139 e. The molecule has 0 aromatic carbocycles. The third-order valence-electron chi connectivity index (χ3n) is 2.20. The molecule has 1 aromatic rings. The van der Waals surface area contributed by atoms with E-state index >= 15 is 0 Å². The van der Waals surface area contributed by atoms with E-state index in [1.54, 1.807) is 18.5 Å². The molecule has 0 bridgehead atoms. The molecule has 0 aliphatic heterocycles. The molecule has 0 aliphatic rings. The Balaban J connectivity index is 2.31. The van der Waals surface area contributed by atoms with Gasteiger partial charge in [-0.1, -0.05) is 18.5 Å². The Bertz CT molecular complexity index is 350. The number of aromatic nitrogens is 1. The van der Waals surface area contributed by atoms with Crippen LogP contribution in [0.5, 0.6) is 5.75 Å². The first-order chi connectivity index (χ1) is 7.87. The molecule has 1 heterocycles. The van der Waals surface area contributed by atoms with Gasteiger partial charge >= 0.3 is 0 Å². The lowest BCUT2D eigenvalue weighted by Crippen LogP contribution is -2.39. The SMILES string of the molecule is CC(CNC(C)(C)C)COc1cncc(Cl)c1. The van der Waals surface area contributed by atoms with E-state index in [1.165, 1.54) is 0 Å². The Morgan fingerprint density at radius 1 is 1.41 bits per heavy atom. The Labute approximate surface area is 109 Å². The second kappa shape index (κ2) is 6.22. The average Bonchev–Trinajstić information content (AvgIpc) is 2.23. The molecule has 4 heteroatoms. The van der Waals surface area contributed by atoms with Crippen LogP contribution in [0, 0.1) is 5.92 Å². The van der Waals surface area contributed by atoms with Crippen LogP contribution in [-0.2, 0) is 0 Å². The van der Waals surface area contributed by atoms with Crippen molar-refractivity contribution in [1.29, 1.82) is 0 Å². The lowest BCUT2D eigenvalue weighted by molar-refractivity contribution is 0.243. The molecule has 1 rings (SSSR count).